The normalized spacial score (nSPS) is 22.0. The molecule has 0 atom stereocenters. The maximum atomic E-state index is 13.1. The first-order chi connectivity index (χ1) is 15.5. The Labute approximate surface area is 189 Å². The maximum Gasteiger partial charge on any atom is 0.226 e. The minimum absolute atomic E-state index is 0.117. The quantitative estimate of drug-likeness (QED) is 0.726. The van der Waals surface area contributed by atoms with Crippen molar-refractivity contribution >= 4 is 5.91 Å². The fraction of sp³-hybridized carbons (Fsp3) is 0.600. The monoisotopic (exact) mass is 439 g/mol. The summed E-state index contributed by atoms with van der Waals surface area (Å²) in [5.74, 6) is 1.56. The van der Waals surface area contributed by atoms with Gasteiger partial charge in [-0.1, -0.05) is 18.2 Å². The van der Waals surface area contributed by atoms with E-state index in [4.69, 9.17) is 18.9 Å². The van der Waals surface area contributed by atoms with Crippen molar-refractivity contribution in [1.29, 1.82) is 0 Å². The highest BCUT2D eigenvalue weighted by Crippen LogP contribution is 2.33. The Morgan fingerprint density at radius 1 is 1.06 bits per heavy atom. The molecule has 0 aliphatic carbocycles. The average Bonchev–Trinajstić information content (AvgIpc) is 3.41. The largest absolute Gasteiger partial charge is 0.441 e. The molecule has 3 fully saturated rings. The van der Waals surface area contributed by atoms with Gasteiger partial charge in [0, 0.05) is 44.0 Å². The molecule has 7 heteroatoms. The summed E-state index contributed by atoms with van der Waals surface area (Å²) in [6, 6.07) is 8.17. The number of ether oxygens (including phenoxy) is 2. The summed E-state index contributed by atoms with van der Waals surface area (Å²) in [4.78, 5) is 22.3. The van der Waals surface area contributed by atoms with E-state index < -0.39 is 5.79 Å². The minimum Gasteiger partial charge on any atom is -0.441 e. The molecule has 0 N–H and O–H groups in total. The fourth-order valence-electron chi connectivity index (χ4n) is 5.16. The molecule has 3 aliphatic heterocycles. The van der Waals surface area contributed by atoms with Crippen molar-refractivity contribution in [1.82, 2.24) is 14.8 Å². The van der Waals surface area contributed by atoms with Gasteiger partial charge in [0.15, 0.2) is 5.79 Å². The molecule has 0 bridgehead atoms. The minimum atomic E-state index is -0.424. The lowest BCUT2D eigenvalue weighted by atomic mass is 9.93. The molecule has 1 amide bonds. The summed E-state index contributed by atoms with van der Waals surface area (Å²) in [6.07, 6.45) is 3.36. The molecule has 32 heavy (non-hydrogen) atoms. The highest BCUT2D eigenvalue weighted by molar-refractivity contribution is 5.79. The number of hydrogen-bond donors (Lipinski definition) is 0. The third-order valence-corrected chi connectivity index (χ3v) is 7.23. The Kier molecular flexibility index (Phi) is 6.05. The standard InChI is InChI=1S/C25H33N3O4/c1-18-5-3-4-6-21(18)23-26-22(19(2)32-23)17-27-11-7-20(8-12-27)24(29)28-13-9-25(10-14-28)30-15-16-31-25/h3-6,20H,7-17H2,1-2H3. The Hall–Kier alpha value is -2.22. The van der Waals surface area contributed by atoms with Crippen LogP contribution in [0.5, 0.6) is 0 Å². The molecule has 0 saturated carbocycles. The first kappa shape index (κ1) is 21.6. The lowest BCUT2D eigenvalue weighted by molar-refractivity contribution is -0.188. The molecule has 5 rings (SSSR count). The van der Waals surface area contributed by atoms with E-state index in [1.54, 1.807) is 0 Å². The van der Waals surface area contributed by atoms with E-state index in [9.17, 15) is 4.79 Å². The number of oxazole rings is 1. The van der Waals surface area contributed by atoms with Crippen molar-refractivity contribution in [3.63, 3.8) is 0 Å². The number of aryl methyl sites for hydroxylation is 2. The van der Waals surface area contributed by atoms with E-state index in [1.807, 2.05) is 24.0 Å². The molecule has 1 aromatic heterocycles. The van der Waals surface area contributed by atoms with Gasteiger partial charge in [-0.3, -0.25) is 9.69 Å². The number of benzene rings is 1. The van der Waals surface area contributed by atoms with E-state index in [1.165, 1.54) is 0 Å². The second-order valence-corrected chi connectivity index (χ2v) is 9.32. The van der Waals surface area contributed by atoms with Crippen LogP contribution < -0.4 is 0 Å². The van der Waals surface area contributed by atoms with Gasteiger partial charge >= 0.3 is 0 Å². The number of likely N-dealkylation sites (tertiary alicyclic amines) is 2. The highest BCUT2D eigenvalue weighted by Gasteiger charge is 2.42. The van der Waals surface area contributed by atoms with Crippen LogP contribution in [0.3, 0.4) is 0 Å². The SMILES string of the molecule is Cc1ccccc1-c1nc(CN2CCC(C(=O)N3CCC4(CC3)OCCO4)CC2)c(C)o1. The van der Waals surface area contributed by atoms with Crippen LogP contribution in [0, 0.1) is 19.8 Å². The molecular weight excluding hydrogens is 406 g/mol. The van der Waals surface area contributed by atoms with Crippen LogP contribution in [0.4, 0.5) is 0 Å². The third kappa shape index (κ3) is 4.34. The van der Waals surface area contributed by atoms with Crippen LogP contribution in [0.2, 0.25) is 0 Å². The van der Waals surface area contributed by atoms with Crippen LogP contribution in [0.1, 0.15) is 42.7 Å². The number of rotatable bonds is 4. The number of carbonyl (C=O) groups excluding carboxylic acids is 1. The number of hydrogen-bond acceptors (Lipinski definition) is 6. The Balaban J connectivity index is 1.14. The van der Waals surface area contributed by atoms with Gasteiger partial charge in [0.2, 0.25) is 11.8 Å². The summed E-state index contributed by atoms with van der Waals surface area (Å²) >= 11 is 0. The van der Waals surface area contributed by atoms with Gasteiger partial charge in [0.1, 0.15) is 5.76 Å². The molecule has 2 aromatic rings. The van der Waals surface area contributed by atoms with Crippen LogP contribution in [0.25, 0.3) is 11.5 Å². The second-order valence-electron chi connectivity index (χ2n) is 9.32. The molecule has 3 saturated heterocycles. The van der Waals surface area contributed by atoms with Crippen LogP contribution in [0.15, 0.2) is 28.7 Å². The van der Waals surface area contributed by atoms with Crippen molar-refractivity contribution in [2.45, 2.75) is 51.9 Å². The average molecular weight is 440 g/mol. The van der Waals surface area contributed by atoms with E-state index in [0.717, 1.165) is 81.0 Å². The third-order valence-electron chi connectivity index (χ3n) is 7.23. The molecule has 0 radical (unpaired) electrons. The van der Waals surface area contributed by atoms with E-state index in [0.29, 0.717) is 25.0 Å². The topological polar surface area (TPSA) is 68.0 Å². The predicted molar refractivity (Wildman–Crippen MR) is 120 cm³/mol. The first-order valence-corrected chi connectivity index (χ1v) is 11.8. The molecule has 4 heterocycles. The first-order valence-electron chi connectivity index (χ1n) is 11.8. The van der Waals surface area contributed by atoms with Crippen LogP contribution in [-0.4, -0.2) is 65.9 Å². The van der Waals surface area contributed by atoms with Crippen molar-refractivity contribution in [2.24, 2.45) is 5.92 Å². The molecule has 172 valence electrons. The summed E-state index contributed by atoms with van der Waals surface area (Å²) in [5.41, 5.74) is 3.20. The number of amides is 1. The Morgan fingerprint density at radius 2 is 1.75 bits per heavy atom. The van der Waals surface area contributed by atoms with E-state index >= 15 is 0 Å². The Bertz CT molecular complexity index is 948. The van der Waals surface area contributed by atoms with Gasteiger partial charge in [-0.2, -0.15) is 0 Å². The van der Waals surface area contributed by atoms with Crippen molar-refractivity contribution in [3.8, 4) is 11.5 Å². The number of aromatic nitrogens is 1. The van der Waals surface area contributed by atoms with Gasteiger partial charge in [-0.05, 0) is 51.4 Å². The number of piperidine rings is 2. The molecular formula is C25H33N3O4. The molecule has 0 unspecified atom stereocenters. The van der Waals surface area contributed by atoms with Gasteiger partial charge in [-0.25, -0.2) is 4.98 Å². The maximum absolute atomic E-state index is 13.1. The van der Waals surface area contributed by atoms with Gasteiger partial charge in [0.05, 0.1) is 18.9 Å². The van der Waals surface area contributed by atoms with Crippen molar-refractivity contribution in [2.75, 3.05) is 39.4 Å². The van der Waals surface area contributed by atoms with Gasteiger partial charge in [-0.15, -0.1) is 0 Å². The van der Waals surface area contributed by atoms with Crippen molar-refractivity contribution in [3.05, 3.63) is 41.3 Å². The summed E-state index contributed by atoms with van der Waals surface area (Å²) in [6.45, 7) is 9.46. The van der Waals surface area contributed by atoms with Gasteiger partial charge < -0.3 is 18.8 Å². The van der Waals surface area contributed by atoms with E-state index in [-0.39, 0.29) is 5.92 Å². The summed E-state index contributed by atoms with van der Waals surface area (Å²) < 4.78 is 17.6. The highest BCUT2D eigenvalue weighted by atomic mass is 16.7. The fourth-order valence-corrected chi connectivity index (χ4v) is 5.16. The predicted octanol–water partition coefficient (Wildman–Crippen LogP) is 3.54. The Morgan fingerprint density at radius 3 is 2.44 bits per heavy atom. The lowest BCUT2D eigenvalue weighted by Crippen LogP contribution is -2.50. The zero-order valence-corrected chi connectivity index (χ0v) is 19.1. The van der Waals surface area contributed by atoms with Gasteiger partial charge in [0.25, 0.3) is 0 Å². The second kappa shape index (κ2) is 8.96. The van der Waals surface area contributed by atoms with Crippen molar-refractivity contribution < 1.29 is 18.7 Å². The zero-order chi connectivity index (χ0) is 22.1. The molecule has 1 spiro atoms. The van der Waals surface area contributed by atoms with E-state index in [2.05, 4.69) is 24.0 Å². The zero-order valence-electron chi connectivity index (χ0n) is 19.1. The number of nitrogens with zero attached hydrogens (tertiary/aromatic N) is 3. The summed E-state index contributed by atoms with van der Waals surface area (Å²) in [7, 11) is 0. The lowest BCUT2D eigenvalue weighted by Gasteiger charge is -2.40. The molecule has 7 nitrogen and oxygen atoms in total. The number of carbonyl (C=O) groups is 1. The molecule has 3 aliphatic rings. The molecule has 1 aromatic carbocycles. The summed E-state index contributed by atoms with van der Waals surface area (Å²) in [5, 5.41) is 0. The van der Waals surface area contributed by atoms with Crippen LogP contribution >= 0.6 is 0 Å². The smallest absolute Gasteiger partial charge is 0.226 e. The van der Waals surface area contributed by atoms with Crippen LogP contribution in [-0.2, 0) is 20.8 Å².